The maximum Gasteiger partial charge on any atom is 0.251 e. The van der Waals surface area contributed by atoms with E-state index in [1.54, 1.807) is 36.8 Å². The van der Waals surface area contributed by atoms with Crippen LogP contribution in [0.1, 0.15) is 21.6 Å². The molecule has 1 fully saturated rings. The van der Waals surface area contributed by atoms with Crippen LogP contribution in [-0.4, -0.2) is 40.3 Å². The zero-order chi connectivity index (χ0) is 15.6. The number of rotatable bonds is 5. The Morgan fingerprint density at radius 1 is 1.41 bits per heavy atom. The Balaban J connectivity index is 1.55. The maximum absolute atomic E-state index is 12.1. The summed E-state index contributed by atoms with van der Waals surface area (Å²) in [6.45, 7) is 1.17. The van der Waals surface area contributed by atoms with Crippen molar-refractivity contribution < 1.29 is 14.6 Å². The number of carbonyl (C=O) groups is 1. The van der Waals surface area contributed by atoms with Gasteiger partial charge in [-0.15, -0.1) is 0 Å². The molecule has 1 aromatic carbocycles. The van der Waals surface area contributed by atoms with Crippen molar-refractivity contribution in [3.05, 3.63) is 53.6 Å². The first-order valence-corrected chi connectivity index (χ1v) is 7.22. The third kappa shape index (κ3) is 2.88. The molecule has 1 aliphatic rings. The van der Waals surface area contributed by atoms with Crippen LogP contribution in [-0.2, 0) is 23.8 Å². The SMILES string of the molecule is Cn1cncc1CCNC(=O)c1ccc(C2(O)COC2)cc1. The van der Waals surface area contributed by atoms with E-state index in [2.05, 4.69) is 10.3 Å². The molecule has 0 radical (unpaired) electrons. The number of benzene rings is 1. The number of hydrogen-bond donors (Lipinski definition) is 2. The number of amides is 1. The number of nitrogens with one attached hydrogen (secondary N) is 1. The Labute approximate surface area is 128 Å². The molecule has 2 heterocycles. The van der Waals surface area contributed by atoms with Gasteiger partial charge in [0.25, 0.3) is 5.91 Å². The Morgan fingerprint density at radius 3 is 2.68 bits per heavy atom. The number of nitrogens with zero attached hydrogens (tertiary/aromatic N) is 2. The molecule has 6 nitrogen and oxygen atoms in total. The third-order valence-corrected chi connectivity index (χ3v) is 3.95. The number of ether oxygens (including phenoxy) is 1. The zero-order valence-electron chi connectivity index (χ0n) is 12.5. The number of hydrogen-bond acceptors (Lipinski definition) is 4. The summed E-state index contributed by atoms with van der Waals surface area (Å²) in [7, 11) is 1.93. The summed E-state index contributed by atoms with van der Waals surface area (Å²) in [4.78, 5) is 16.1. The summed E-state index contributed by atoms with van der Waals surface area (Å²) in [6, 6.07) is 7.01. The van der Waals surface area contributed by atoms with Crippen molar-refractivity contribution in [1.29, 1.82) is 0 Å². The molecule has 0 atom stereocenters. The smallest absolute Gasteiger partial charge is 0.251 e. The molecular formula is C16H19N3O3. The van der Waals surface area contributed by atoms with E-state index in [9.17, 15) is 9.90 Å². The second kappa shape index (κ2) is 5.90. The van der Waals surface area contributed by atoms with Gasteiger partial charge in [0, 0.05) is 37.5 Å². The number of aromatic nitrogens is 2. The van der Waals surface area contributed by atoms with E-state index in [4.69, 9.17) is 4.74 Å². The highest BCUT2D eigenvalue weighted by molar-refractivity contribution is 5.94. The Morgan fingerprint density at radius 2 is 2.14 bits per heavy atom. The van der Waals surface area contributed by atoms with Gasteiger partial charge in [-0.2, -0.15) is 0 Å². The molecule has 0 aliphatic carbocycles. The number of aryl methyl sites for hydroxylation is 1. The van der Waals surface area contributed by atoms with Crippen LogP contribution in [0.4, 0.5) is 0 Å². The maximum atomic E-state index is 12.1. The number of carbonyl (C=O) groups excluding carboxylic acids is 1. The molecule has 2 aromatic rings. The second-order valence-corrected chi connectivity index (χ2v) is 5.60. The minimum Gasteiger partial charge on any atom is -0.380 e. The van der Waals surface area contributed by atoms with Crippen molar-refractivity contribution in [1.82, 2.24) is 14.9 Å². The lowest BCUT2D eigenvalue weighted by Crippen LogP contribution is -2.46. The van der Waals surface area contributed by atoms with Gasteiger partial charge in [-0.1, -0.05) is 12.1 Å². The van der Waals surface area contributed by atoms with Gasteiger partial charge in [0.2, 0.25) is 0 Å². The van der Waals surface area contributed by atoms with Crippen LogP contribution >= 0.6 is 0 Å². The van der Waals surface area contributed by atoms with Crippen LogP contribution in [0, 0.1) is 0 Å². The Hall–Kier alpha value is -2.18. The van der Waals surface area contributed by atoms with Gasteiger partial charge in [-0.05, 0) is 17.7 Å². The first-order chi connectivity index (χ1) is 10.6. The highest BCUT2D eigenvalue weighted by atomic mass is 16.5. The topological polar surface area (TPSA) is 76.4 Å². The van der Waals surface area contributed by atoms with Gasteiger partial charge in [0.1, 0.15) is 5.60 Å². The van der Waals surface area contributed by atoms with Crippen molar-refractivity contribution in [2.75, 3.05) is 19.8 Å². The van der Waals surface area contributed by atoms with E-state index in [1.165, 1.54) is 0 Å². The van der Waals surface area contributed by atoms with Crippen LogP contribution < -0.4 is 5.32 Å². The van der Waals surface area contributed by atoms with Gasteiger partial charge in [0.05, 0.1) is 19.5 Å². The lowest BCUT2D eigenvalue weighted by molar-refractivity contribution is -0.184. The molecule has 6 heteroatoms. The lowest BCUT2D eigenvalue weighted by atomic mass is 9.91. The summed E-state index contributed by atoms with van der Waals surface area (Å²) in [6.07, 6.45) is 4.27. The van der Waals surface area contributed by atoms with E-state index in [0.717, 1.165) is 17.7 Å². The molecule has 3 rings (SSSR count). The predicted molar refractivity (Wildman–Crippen MR) is 80.4 cm³/mol. The summed E-state index contributed by atoms with van der Waals surface area (Å²) >= 11 is 0. The highest BCUT2D eigenvalue weighted by Gasteiger charge is 2.37. The number of imidazole rings is 1. The average molecular weight is 301 g/mol. The fraction of sp³-hybridized carbons (Fsp3) is 0.375. The van der Waals surface area contributed by atoms with Gasteiger partial charge >= 0.3 is 0 Å². The van der Waals surface area contributed by atoms with Crippen molar-refractivity contribution >= 4 is 5.91 Å². The molecule has 0 spiro atoms. The first-order valence-electron chi connectivity index (χ1n) is 7.22. The van der Waals surface area contributed by atoms with Crippen LogP contribution in [0.2, 0.25) is 0 Å². The van der Waals surface area contributed by atoms with Crippen LogP contribution in [0.25, 0.3) is 0 Å². The zero-order valence-corrected chi connectivity index (χ0v) is 12.5. The first kappa shape index (κ1) is 14.7. The van der Waals surface area contributed by atoms with Gasteiger partial charge in [-0.25, -0.2) is 4.98 Å². The summed E-state index contributed by atoms with van der Waals surface area (Å²) < 4.78 is 6.96. The minimum absolute atomic E-state index is 0.120. The molecule has 0 unspecified atom stereocenters. The lowest BCUT2D eigenvalue weighted by Gasteiger charge is -2.36. The van der Waals surface area contributed by atoms with Gasteiger partial charge < -0.3 is 19.7 Å². The van der Waals surface area contributed by atoms with Crippen molar-refractivity contribution in [2.24, 2.45) is 7.05 Å². The fourth-order valence-corrected chi connectivity index (χ4v) is 2.43. The Bertz CT molecular complexity index is 660. The van der Waals surface area contributed by atoms with Crippen LogP contribution in [0.15, 0.2) is 36.8 Å². The molecule has 1 saturated heterocycles. The van der Waals surface area contributed by atoms with E-state index < -0.39 is 5.60 Å². The highest BCUT2D eigenvalue weighted by Crippen LogP contribution is 2.29. The molecular weight excluding hydrogens is 282 g/mol. The van der Waals surface area contributed by atoms with E-state index in [1.807, 2.05) is 11.6 Å². The molecule has 2 N–H and O–H groups in total. The van der Waals surface area contributed by atoms with Gasteiger partial charge in [0.15, 0.2) is 0 Å². The minimum atomic E-state index is -0.894. The quantitative estimate of drug-likeness (QED) is 0.848. The average Bonchev–Trinajstić information content (AvgIpc) is 2.90. The van der Waals surface area contributed by atoms with Crippen LogP contribution in [0.5, 0.6) is 0 Å². The third-order valence-electron chi connectivity index (χ3n) is 3.95. The molecule has 1 aromatic heterocycles. The molecule has 116 valence electrons. The predicted octanol–water partition coefficient (Wildman–Crippen LogP) is 0.610. The summed E-state index contributed by atoms with van der Waals surface area (Å²) in [5.74, 6) is -0.120. The monoisotopic (exact) mass is 301 g/mol. The summed E-state index contributed by atoms with van der Waals surface area (Å²) in [5.41, 5.74) is 1.54. The molecule has 0 saturated carbocycles. The summed E-state index contributed by atoms with van der Waals surface area (Å²) in [5, 5.41) is 13.0. The largest absolute Gasteiger partial charge is 0.380 e. The van der Waals surface area contributed by atoms with Crippen molar-refractivity contribution in [3.63, 3.8) is 0 Å². The normalized spacial score (nSPS) is 16.1. The van der Waals surface area contributed by atoms with E-state index >= 15 is 0 Å². The standard InChI is InChI=1S/C16H19N3O3/c1-19-11-17-8-14(19)6-7-18-15(20)12-2-4-13(5-3-12)16(21)9-22-10-16/h2-5,8,11,21H,6-7,9-10H2,1H3,(H,18,20). The van der Waals surface area contributed by atoms with Crippen LogP contribution in [0.3, 0.4) is 0 Å². The van der Waals surface area contributed by atoms with Gasteiger partial charge in [-0.3, -0.25) is 4.79 Å². The van der Waals surface area contributed by atoms with Crippen molar-refractivity contribution in [3.8, 4) is 0 Å². The second-order valence-electron chi connectivity index (χ2n) is 5.60. The Kier molecular flexibility index (Phi) is 3.96. The number of aliphatic hydroxyl groups is 1. The van der Waals surface area contributed by atoms with E-state index in [-0.39, 0.29) is 5.91 Å². The molecule has 22 heavy (non-hydrogen) atoms. The fourth-order valence-electron chi connectivity index (χ4n) is 2.43. The molecule has 0 bridgehead atoms. The van der Waals surface area contributed by atoms with E-state index in [0.29, 0.717) is 25.3 Å². The van der Waals surface area contributed by atoms with Crippen molar-refractivity contribution in [2.45, 2.75) is 12.0 Å². The molecule has 1 aliphatic heterocycles. The molecule has 1 amide bonds.